The Labute approximate surface area is 80.2 Å². The Morgan fingerprint density at radius 3 is 2.69 bits per heavy atom. The second kappa shape index (κ2) is 7.65. The van der Waals surface area contributed by atoms with E-state index in [9.17, 15) is 4.79 Å². The average Bonchev–Trinajstić information content (AvgIpc) is 2.12. The van der Waals surface area contributed by atoms with Gasteiger partial charge < -0.3 is 10.1 Å². The molecule has 0 fully saturated rings. The van der Waals surface area contributed by atoms with Gasteiger partial charge in [0.15, 0.2) is 0 Å². The molecular weight excluding hydrogens is 166 g/mol. The molecule has 13 heavy (non-hydrogen) atoms. The zero-order valence-electron chi connectivity index (χ0n) is 8.72. The van der Waals surface area contributed by atoms with Crippen molar-refractivity contribution in [2.75, 3.05) is 13.2 Å². The van der Waals surface area contributed by atoms with Gasteiger partial charge in [0, 0.05) is 18.3 Å². The van der Waals surface area contributed by atoms with Crippen LogP contribution in [0.4, 0.5) is 0 Å². The van der Waals surface area contributed by atoms with Crippen molar-refractivity contribution in [1.82, 2.24) is 5.32 Å². The van der Waals surface area contributed by atoms with Gasteiger partial charge in [0.05, 0.1) is 6.61 Å². The molecule has 76 valence electrons. The van der Waals surface area contributed by atoms with E-state index in [2.05, 4.69) is 12.2 Å². The highest BCUT2D eigenvalue weighted by Gasteiger charge is 2.02. The highest BCUT2D eigenvalue weighted by atomic mass is 16.5. The second-order valence-corrected chi connectivity index (χ2v) is 2.86. The molecule has 0 aromatic heterocycles. The molecule has 0 atom stereocenters. The van der Waals surface area contributed by atoms with Gasteiger partial charge in [0.2, 0.25) is 0 Å². The van der Waals surface area contributed by atoms with Crippen molar-refractivity contribution in [3.05, 3.63) is 11.8 Å². The number of carbonyl (C=O) groups is 1. The number of unbranched alkanes of at least 4 members (excludes halogenated alkanes) is 1. The summed E-state index contributed by atoms with van der Waals surface area (Å²) in [6.45, 7) is 7.02. The number of esters is 1. The molecule has 0 aromatic carbocycles. The van der Waals surface area contributed by atoms with Crippen molar-refractivity contribution < 1.29 is 9.53 Å². The molecule has 0 rings (SSSR count). The molecule has 3 nitrogen and oxygen atoms in total. The fourth-order valence-electron chi connectivity index (χ4n) is 0.808. The highest BCUT2D eigenvalue weighted by molar-refractivity contribution is 5.87. The summed E-state index contributed by atoms with van der Waals surface area (Å²) >= 11 is 0. The molecular formula is C10H19NO2. The predicted octanol–water partition coefficient (Wildman–Crippen LogP) is 1.84. The quantitative estimate of drug-likeness (QED) is 0.390. The van der Waals surface area contributed by atoms with E-state index in [1.165, 1.54) is 0 Å². The van der Waals surface area contributed by atoms with E-state index in [0.29, 0.717) is 12.2 Å². The standard InChI is InChI=1S/C10H19NO2/c1-4-6-7-11-8-9(3)10(12)13-5-2/h8,11H,4-7H2,1-3H3. The Bertz CT molecular complexity index is 176. The lowest BCUT2D eigenvalue weighted by Gasteiger charge is -2.02. The van der Waals surface area contributed by atoms with Crippen LogP contribution < -0.4 is 5.32 Å². The van der Waals surface area contributed by atoms with Crippen LogP contribution >= 0.6 is 0 Å². The van der Waals surface area contributed by atoms with Crippen LogP contribution in [0, 0.1) is 0 Å². The summed E-state index contributed by atoms with van der Waals surface area (Å²) < 4.78 is 4.81. The summed E-state index contributed by atoms with van der Waals surface area (Å²) in [7, 11) is 0. The first-order chi connectivity index (χ1) is 6.22. The molecule has 0 amide bonds. The van der Waals surface area contributed by atoms with Crippen LogP contribution in [-0.4, -0.2) is 19.1 Å². The van der Waals surface area contributed by atoms with E-state index >= 15 is 0 Å². The van der Waals surface area contributed by atoms with E-state index < -0.39 is 0 Å². The van der Waals surface area contributed by atoms with Crippen LogP contribution in [0.15, 0.2) is 11.8 Å². The Kier molecular flexibility index (Phi) is 7.07. The number of rotatable bonds is 6. The molecule has 0 saturated heterocycles. The maximum absolute atomic E-state index is 11.1. The number of ether oxygens (including phenoxy) is 1. The molecule has 0 bridgehead atoms. The lowest BCUT2D eigenvalue weighted by Crippen LogP contribution is -2.12. The molecule has 0 aromatic rings. The monoisotopic (exact) mass is 185 g/mol. The van der Waals surface area contributed by atoms with Gasteiger partial charge in [-0.15, -0.1) is 0 Å². The van der Waals surface area contributed by atoms with Gasteiger partial charge in [-0.25, -0.2) is 4.79 Å². The fourth-order valence-corrected chi connectivity index (χ4v) is 0.808. The number of carbonyl (C=O) groups excluding carboxylic acids is 1. The predicted molar refractivity (Wildman–Crippen MR) is 53.3 cm³/mol. The normalized spacial score (nSPS) is 11.2. The highest BCUT2D eigenvalue weighted by Crippen LogP contribution is 1.94. The summed E-state index contributed by atoms with van der Waals surface area (Å²) in [5.74, 6) is -0.244. The van der Waals surface area contributed by atoms with E-state index in [0.717, 1.165) is 19.4 Å². The minimum Gasteiger partial charge on any atom is -0.463 e. The number of hydrogen-bond donors (Lipinski definition) is 1. The van der Waals surface area contributed by atoms with Gasteiger partial charge in [-0.1, -0.05) is 13.3 Å². The minimum atomic E-state index is -0.244. The van der Waals surface area contributed by atoms with Gasteiger partial charge in [-0.3, -0.25) is 0 Å². The first kappa shape index (κ1) is 12.0. The third-order valence-electron chi connectivity index (χ3n) is 1.59. The SMILES string of the molecule is CCCCNC=C(C)C(=O)OCC. The molecule has 3 heteroatoms. The van der Waals surface area contributed by atoms with Gasteiger partial charge in [-0.2, -0.15) is 0 Å². The zero-order chi connectivity index (χ0) is 10.1. The lowest BCUT2D eigenvalue weighted by atomic mass is 10.3. The van der Waals surface area contributed by atoms with E-state index in [1.54, 1.807) is 20.0 Å². The smallest absolute Gasteiger partial charge is 0.335 e. The van der Waals surface area contributed by atoms with Crippen molar-refractivity contribution in [3.8, 4) is 0 Å². The number of nitrogens with one attached hydrogen (secondary N) is 1. The molecule has 0 radical (unpaired) electrons. The van der Waals surface area contributed by atoms with E-state index in [4.69, 9.17) is 4.74 Å². The lowest BCUT2D eigenvalue weighted by molar-refractivity contribution is -0.138. The van der Waals surface area contributed by atoms with E-state index in [-0.39, 0.29) is 5.97 Å². The third-order valence-corrected chi connectivity index (χ3v) is 1.59. The van der Waals surface area contributed by atoms with Crippen molar-refractivity contribution in [2.45, 2.75) is 33.6 Å². The van der Waals surface area contributed by atoms with Crippen LogP contribution in [0.1, 0.15) is 33.6 Å². The molecule has 0 unspecified atom stereocenters. The Morgan fingerprint density at radius 1 is 1.46 bits per heavy atom. The maximum atomic E-state index is 11.1. The second-order valence-electron chi connectivity index (χ2n) is 2.86. The van der Waals surface area contributed by atoms with Crippen molar-refractivity contribution in [2.24, 2.45) is 0 Å². The first-order valence-corrected chi connectivity index (χ1v) is 4.79. The maximum Gasteiger partial charge on any atom is 0.335 e. The topological polar surface area (TPSA) is 38.3 Å². The average molecular weight is 185 g/mol. The van der Waals surface area contributed by atoms with Crippen molar-refractivity contribution >= 4 is 5.97 Å². The summed E-state index contributed by atoms with van der Waals surface area (Å²) in [6.07, 6.45) is 3.99. The van der Waals surface area contributed by atoms with Crippen LogP contribution in [0.3, 0.4) is 0 Å². The number of hydrogen-bond acceptors (Lipinski definition) is 3. The molecule has 0 saturated carbocycles. The largest absolute Gasteiger partial charge is 0.463 e. The molecule has 0 aliphatic heterocycles. The summed E-state index contributed by atoms with van der Waals surface area (Å²) in [5, 5.41) is 3.06. The molecule has 0 heterocycles. The van der Waals surface area contributed by atoms with Gasteiger partial charge in [-0.05, 0) is 20.3 Å². The Balaban J connectivity index is 3.67. The third kappa shape index (κ3) is 6.20. The Morgan fingerprint density at radius 2 is 2.15 bits per heavy atom. The van der Waals surface area contributed by atoms with Crippen molar-refractivity contribution in [3.63, 3.8) is 0 Å². The summed E-state index contributed by atoms with van der Waals surface area (Å²) in [6, 6.07) is 0. The summed E-state index contributed by atoms with van der Waals surface area (Å²) in [5.41, 5.74) is 0.623. The fraction of sp³-hybridized carbons (Fsp3) is 0.700. The molecule has 0 aliphatic carbocycles. The molecule has 1 N–H and O–H groups in total. The first-order valence-electron chi connectivity index (χ1n) is 4.79. The van der Waals surface area contributed by atoms with E-state index in [1.807, 2.05) is 0 Å². The minimum absolute atomic E-state index is 0.244. The van der Waals surface area contributed by atoms with Crippen LogP contribution in [0.25, 0.3) is 0 Å². The van der Waals surface area contributed by atoms with Gasteiger partial charge >= 0.3 is 5.97 Å². The molecule has 0 aliphatic rings. The van der Waals surface area contributed by atoms with Crippen LogP contribution in [0.2, 0.25) is 0 Å². The summed E-state index contributed by atoms with van der Waals surface area (Å²) in [4.78, 5) is 11.1. The van der Waals surface area contributed by atoms with Gasteiger partial charge in [0.25, 0.3) is 0 Å². The van der Waals surface area contributed by atoms with Crippen LogP contribution in [0.5, 0.6) is 0 Å². The van der Waals surface area contributed by atoms with Crippen molar-refractivity contribution in [1.29, 1.82) is 0 Å². The molecule has 0 spiro atoms. The van der Waals surface area contributed by atoms with Crippen LogP contribution in [-0.2, 0) is 9.53 Å². The zero-order valence-corrected chi connectivity index (χ0v) is 8.72. The Hall–Kier alpha value is -0.990. The van der Waals surface area contributed by atoms with Gasteiger partial charge in [0.1, 0.15) is 0 Å².